The van der Waals surface area contributed by atoms with E-state index < -0.39 is 61.9 Å². The molecule has 2 fully saturated rings. The van der Waals surface area contributed by atoms with Crippen molar-refractivity contribution >= 4 is 16.9 Å². The average molecular weight is 453 g/mol. The zero-order valence-corrected chi connectivity index (χ0v) is 16.5. The Kier molecular flexibility index (Phi) is 6.27. The van der Waals surface area contributed by atoms with Crippen LogP contribution in [0.5, 0.6) is 0 Å². The fourth-order valence-corrected chi connectivity index (χ4v) is 3.88. The molecule has 0 unspecified atom stereocenters. The topological polar surface area (TPSA) is 230 Å². The van der Waals surface area contributed by atoms with Crippen molar-refractivity contribution in [2.45, 2.75) is 55.2 Å². The number of nitrogens with two attached hydrogens (primary N) is 1. The Hall–Kier alpha value is -2.45. The average Bonchev–Trinajstić information content (AvgIpc) is 3.30. The molecular weight excluding hydrogens is 430 g/mol. The molecule has 9 atom stereocenters. The molecule has 0 saturated carbocycles. The van der Waals surface area contributed by atoms with Crippen molar-refractivity contribution in [3.8, 4) is 6.07 Å². The molecule has 0 amide bonds. The number of hydrogen-bond donors (Lipinski definition) is 7. The van der Waals surface area contributed by atoms with Gasteiger partial charge in [-0.3, -0.25) is 0 Å². The van der Waals surface area contributed by atoms with Crippen LogP contribution in [0.3, 0.4) is 0 Å². The normalized spacial score (nSPS) is 37.6. The van der Waals surface area contributed by atoms with Gasteiger partial charge >= 0.3 is 0 Å². The molecular formula is C18H23N5O9. The van der Waals surface area contributed by atoms with Crippen molar-refractivity contribution < 1.29 is 44.8 Å². The first-order valence-electron chi connectivity index (χ1n) is 9.73. The molecule has 2 aliphatic rings. The van der Waals surface area contributed by atoms with E-state index in [1.807, 2.05) is 6.07 Å². The highest BCUT2D eigenvalue weighted by Crippen LogP contribution is 2.35. The van der Waals surface area contributed by atoms with Crippen LogP contribution in [0, 0.1) is 11.3 Å². The molecule has 2 aliphatic heterocycles. The summed E-state index contributed by atoms with van der Waals surface area (Å²) in [5.41, 5.74) is 6.22. The molecule has 0 spiro atoms. The molecule has 0 aromatic carbocycles. The van der Waals surface area contributed by atoms with Crippen LogP contribution in [-0.2, 0) is 14.2 Å². The number of ether oxygens (including phenoxy) is 3. The van der Waals surface area contributed by atoms with E-state index in [1.54, 1.807) is 0 Å². The minimum Gasteiger partial charge on any atom is -0.394 e. The Morgan fingerprint density at radius 2 is 1.75 bits per heavy atom. The minimum absolute atomic E-state index is 0.0702. The van der Waals surface area contributed by atoms with Gasteiger partial charge in [0.05, 0.1) is 24.2 Å². The number of fused-ring (bicyclic) bond motifs is 1. The smallest absolute Gasteiger partial charge is 0.186 e. The molecule has 32 heavy (non-hydrogen) atoms. The Morgan fingerprint density at radius 3 is 2.44 bits per heavy atom. The van der Waals surface area contributed by atoms with Gasteiger partial charge in [0, 0.05) is 6.20 Å². The van der Waals surface area contributed by atoms with Crippen molar-refractivity contribution in [2.75, 3.05) is 18.9 Å². The van der Waals surface area contributed by atoms with Gasteiger partial charge in [-0.2, -0.15) is 5.26 Å². The van der Waals surface area contributed by atoms with Crippen molar-refractivity contribution in [1.82, 2.24) is 14.5 Å². The van der Waals surface area contributed by atoms with Crippen LogP contribution in [0.25, 0.3) is 11.0 Å². The second kappa shape index (κ2) is 8.83. The van der Waals surface area contributed by atoms with Crippen LogP contribution in [0.4, 0.5) is 5.82 Å². The quantitative estimate of drug-likeness (QED) is 0.231. The molecule has 2 aromatic rings. The van der Waals surface area contributed by atoms with Crippen molar-refractivity contribution in [3.63, 3.8) is 0 Å². The summed E-state index contributed by atoms with van der Waals surface area (Å²) in [5, 5.41) is 69.6. The molecule has 4 rings (SSSR count). The molecule has 4 heterocycles. The van der Waals surface area contributed by atoms with Gasteiger partial charge in [-0.05, 0) is 0 Å². The fraction of sp³-hybridized carbons (Fsp3) is 0.611. The summed E-state index contributed by atoms with van der Waals surface area (Å²) >= 11 is 0. The summed E-state index contributed by atoms with van der Waals surface area (Å²) in [7, 11) is 0. The van der Waals surface area contributed by atoms with Crippen molar-refractivity contribution in [2.24, 2.45) is 0 Å². The second-order valence-electron chi connectivity index (χ2n) is 7.60. The third-order valence-corrected chi connectivity index (χ3v) is 5.64. The Labute approximate surface area is 180 Å². The number of anilines is 1. The van der Waals surface area contributed by atoms with Gasteiger partial charge in [-0.25, -0.2) is 9.97 Å². The standard InChI is InChI=1S/C18H23N5O9/c19-1-6-2-23(16-9(6)15(20)21-5-22-16)17-13(28)11(26)8(31-17)4-30-18-14(29)12(27)10(25)7(3-24)32-18/h2,5,7-8,10-14,17-18,24-29H,3-4H2,(H2,20,21,22)/t7-,8+,10-,11-,12-,13-,14+,17-,18+/m0/s1. The zero-order chi connectivity index (χ0) is 23.2. The maximum absolute atomic E-state index is 10.5. The molecule has 8 N–H and O–H groups in total. The molecule has 174 valence electrons. The first-order valence-corrected chi connectivity index (χ1v) is 9.73. The molecule has 14 nitrogen and oxygen atoms in total. The first-order chi connectivity index (χ1) is 15.3. The number of nitrogen functional groups attached to an aromatic ring is 1. The van der Waals surface area contributed by atoms with Gasteiger partial charge in [0.1, 0.15) is 66.6 Å². The van der Waals surface area contributed by atoms with E-state index in [0.717, 1.165) is 0 Å². The van der Waals surface area contributed by atoms with E-state index in [2.05, 4.69) is 9.97 Å². The number of hydrogen-bond acceptors (Lipinski definition) is 13. The van der Waals surface area contributed by atoms with Crippen LogP contribution in [0.2, 0.25) is 0 Å². The van der Waals surface area contributed by atoms with Crippen LogP contribution >= 0.6 is 0 Å². The summed E-state index contributed by atoms with van der Waals surface area (Å²) in [6.45, 7) is -1.00. The molecule has 0 aliphatic carbocycles. The van der Waals surface area contributed by atoms with Crippen LogP contribution < -0.4 is 5.73 Å². The number of aliphatic hydroxyl groups is 6. The number of aromatic nitrogens is 3. The molecule has 14 heteroatoms. The summed E-state index contributed by atoms with van der Waals surface area (Å²) in [4.78, 5) is 7.94. The Balaban J connectivity index is 1.51. The van der Waals surface area contributed by atoms with E-state index in [0.29, 0.717) is 0 Å². The third-order valence-electron chi connectivity index (χ3n) is 5.64. The first kappa shape index (κ1) is 22.7. The molecule has 0 bridgehead atoms. The Morgan fingerprint density at radius 1 is 1.03 bits per heavy atom. The molecule has 2 saturated heterocycles. The summed E-state index contributed by atoms with van der Waals surface area (Å²) in [6.07, 6.45) is -9.92. The van der Waals surface area contributed by atoms with Gasteiger partial charge in [-0.1, -0.05) is 0 Å². The fourth-order valence-electron chi connectivity index (χ4n) is 3.88. The second-order valence-corrected chi connectivity index (χ2v) is 7.60. The minimum atomic E-state index is -1.63. The van der Waals surface area contributed by atoms with E-state index in [4.69, 9.17) is 19.9 Å². The van der Waals surface area contributed by atoms with E-state index >= 15 is 0 Å². The van der Waals surface area contributed by atoms with E-state index in [1.165, 1.54) is 17.1 Å². The third kappa shape index (κ3) is 3.69. The number of aliphatic hydroxyl groups excluding tert-OH is 6. The van der Waals surface area contributed by atoms with Gasteiger partial charge in [0.15, 0.2) is 12.5 Å². The van der Waals surface area contributed by atoms with Crippen molar-refractivity contribution in [3.05, 3.63) is 18.1 Å². The highest BCUT2D eigenvalue weighted by atomic mass is 16.7. The number of rotatable bonds is 5. The predicted molar refractivity (Wildman–Crippen MR) is 102 cm³/mol. The Bertz CT molecular complexity index is 1010. The van der Waals surface area contributed by atoms with E-state index in [9.17, 15) is 35.9 Å². The lowest BCUT2D eigenvalue weighted by molar-refractivity contribution is -0.306. The van der Waals surface area contributed by atoms with Crippen molar-refractivity contribution in [1.29, 1.82) is 5.26 Å². The lowest BCUT2D eigenvalue weighted by Crippen LogP contribution is -2.59. The summed E-state index contributed by atoms with van der Waals surface area (Å²) in [5.74, 6) is 0.0702. The lowest BCUT2D eigenvalue weighted by Gasteiger charge is -2.39. The zero-order valence-electron chi connectivity index (χ0n) is 16.5. The van der Waals surface area contributed by atoms with Gasteiger partial charge in [-0.15, -0.1) is 0 Å². The number of nitrogens with zero attached hydrogens (tertiary/aromatic N) is 4. The van der Waals surface area contributed by atoms with E-state index in [-0.39, 0.29) is 29.0 Å². The maximum Gasteiger partial charge on any atom is 0.186 e. The van der Waals surface area contributed by atoms with Gasteiger partial charge in [0.25, 0.3) is 0 Å². The largest absolute Gasteiger partial charge is 0.394 e. The van der Waals surface area contributed by atoms with Crippen LogP contribution in [0.1, 0.15) is 11.8 Å². The van der Waals surface area contributed by atoms with Crippen LogP contribution in [0.15, 0.2) is 12.5 Å². The lowest BCUT2D eigenvalue weighted by atomic mass is 9.99. The molecule has 0 radical (unpaired) electrons. The predicted octanol–water partition coefficient (Wildman–Crippen LogP) is -3.68. The molecule has 2 aromatic heterocycles. The SMILES string of the molecule is N#Cc1cn([C@H]2O[C@H](CO[C@@H]3O[C@@H](CO)[C@H](O)[C@H](O)[C@H]3O)[C@H](O)[C@@H]2O)c2ncnc(N)c12. The highest BCUT2D eigenvalue weighted by Gasteiger charge is 2.47. The summed E-state index contributed by atoms with van der Waals surface area (Å²) in [6, 6.07) is 1.97. The summed E-state index contributed by atoms with van der Waals surface area (Å²) < 4.78 is 17.7. The monoisotopic (exact) mass is 453 g/mol. The number of nitriles is 1. The van der Waals surface area contributed by atoms with Crippen LogP contribution in [-0.4, -0.2) is 107 Å². The highest BCUT2D eigenvalue weighted by molar-refractivity contribution is 5.91. The van der Waals surface area contributed by atoms with Gasteiger partial charge in [0.2, 0.25) is 0 Å². The van der Waals surface area contributed by atoms with Gasteiger partial charge < -0.3 is 55.2 Å². The maximum atomic E-state index is 10.5.